The van der Waals surface area contributed by atoms with Crippen LogP contribution in [0.5, 0.6) is 0 Å². The Kier molecular flexibility index (Phi) is 6.76. The summed E-state index contributed by atoms with van der Waals surface area (Å²) in [5, 5.41) is 6.32. The van der Waals surface area contributed by atoms with E-state index in [2.05, 4.69) is 25.3 Å². The first-order valence-corrected chi connectivity index (χ1v) is 9.84. The van der Waals surface area contributed by atoms with E-state index >= 15 is 0 Å². The third-order valence-electron chi connectivity index (χ3n) is 3.82. The second-order valence-corrected chi connectivity index (χ2v) is 7.74. The molecule has 1 aromatic heterocycles. The van der Waals surface area contributed by atoms with Crippen molar-refractivity contribution >= 4 is 16.0 Å². The molecule has 0 amide bonds. The van der Waals surface area contributed by atoms with Crippen molar-refractivity contribution in [2.45, 2.75) is 32.7 Å². The van der Waals surface area contributed by atoms with Crippen LogP contribution in [0.3, 0.4) is 0 Å². The Balaban J connectivity index is 1.91. The third kappa shape index (κ3) is 5.85. The highest BCUT2D eigenvalue weighted by Crippen LogP contribution is 2.09. The molecule has 0 fully saturated rings. The Morgan fingerprint density at radius 3 is 2.50 bits per heavy atom. The quantitative estimate of drug-likeness (QED) is 0.493. The number of nitrogens with one attached hydrogen (secondary N) is 3. The van der Waals surface area contributed by atoms with Crippen LogP contribution in [0.4, 0.5) is 0 Å². The van der Waals surface area contributed by atoms with E-state index in [1.54, 1.807) is 13.1 Å². The van der Waals surface area contributed by atoms with Gasteiger partial charge in [0.25, 0.3) is 0 Å². The van der Waals surface area contributed by atoms with Gasteiger partial charge in [-0.15, -0.1) is 0 Å². The van der Waals surface area contributed by atoms with Gasteiger partial charge in [0.1, 0.15) is 5.76 Å². The van der Waals surface area contributed by atoms with Crippen molar-refractivity contribution in [2.75, 3.05) is 14.1 Å². The molecule has 0 spiro atoms. The fourth-order valence-electron chi connectivity index (χ4n) is 2.30. The number of nitrogens with zero attached hydrogens (tertiary/aromatic N) is 2. The van der Waals surface area contributed by atoms with Gasteiger partial charge < -0.3 is 15.1 Å². The Morgan fingerprint density at radius 2 is 1.88 bits per heavy atom. The average Bonchev–Trinajstić information content (AvgIpc) is 2.93. The second kappa shape index (κ2) is 8.81. The van der Waals surface area contributed by atoms with Crippen molar-refractivity contribution in [2.24, 2.45) is 4.99 Å². The summed E-state index contributed by atoms with van der Waals surface area (Å²) in [6.07, 6.45) is 0. The molecule has 0 unspecified atom stereocenters. The van der Waals surface area contributed by atoms with Gasteiger partial charge in [-0.1, -0.05) is 24.3 Å². The van der Waals surface area contributed by atoms with Crippen LogP contribution in [-0.2, 0) is 28.9 Å². The Labute approximate surface area is 154 Å². The van der Waals surface area contributed by atoms with E-state index in [4.69, 9.17) is 4.42 Å². The van der Waals surface area contributed by atoms with Gasteiger partial charge in [-0.25, -0.2) is 18.1 Å². The fourth-order valence-corrected chi connectivity index (χ4v) is 3.06. The van der Waals surface area contributed by atoms with Gasteiger partial charge in [-0.05, 0) is 32.0 Å². The SMILES string of the molecule is CN=C(NCc1cccc(CS(=O)(=O)NC)c1)NCc1nc(C)c(C)o1. The van der Waals surface area contributed by atoms with Crippen LogP contribution in [0.25, 0.3) is 0 Å². The number of oxazole rings is 1. The molecule has 1 heterocycles. The molecule has 0 aliphatic rings. The first-order chi connectivity index (χ1) is 12.3. The predicted octanol–water partition coefficient (Wildman–Crippen LogP) is 1.21. The van der Waals surface area contributed by atoms with Crippen LogP contribution >= 0.6 is 0 Å². The zero-order valence-electron chi connectivity index (χ0n) is 15.5. The molecule has 2 aromatic rings. The van der Waals surface area contributed by atoms with E-state index in [0.717, 1.165) is 22.6 Å². The molecule has 0 bridgehead atoms. The van der Waals surface area contributed by atoms with Gasteiger partial charge in [-0.3, -0.25) is 4.99 Å². The smallest absolute Gasteiger partial charge is 0.215 e. The lowest BCUT2D eigenvalue weighted by Crippen LogP contribution is -2.36. The van der Waals surface area contributed by atoms with Gasteiger partial charge in [0.2, 0.25) is 15.9 Å². The van der Waals surface area contributed by atoms with Crippen LogP contribution in [0.2, 0.25) is 0 Å². The molecular weight excluding hydrogens is 354 g/mol. The summed E-state index contributed by atoms with van der Waals surface area (Å²) in [4.78, 5) is 8.48. The molecule has 0 atom stereocenters. The van der Waals surface area contributed by atoms with Gasteiger partial charge in [0.15, 0.2) is 5.96 Å². The molecule has 0 aliphatic heterocycles. The zero-order chi connectivity index (χ0) is 19.2. The molecule has 0 saturated carbocycles. The van der Waals surface area contributed by atoms with Crippen LogP contribution in [-0.4, -0.2) is 33.5 Å². The average molecular weight is 379 g/mol. The first kappa shape index (κ1) is 19.9. The third-order valence-corrected chi connectivity index (χ3v) is 5.16. The maximum absolute atomic E-state index is 11.7. The summed E-state index contributed by atoms with van der Waals surface area (Å²) >= 11 is 0. The maximum atomic E-state index is 11.7. The maximum Gasteiger partial charge on any atom is 0.215 e. The van der Waals surface area contributed by atoms with Crippen LogP contribution in [0, 0.1) is 13.8 Å². The number of hydrogen-bond donors (Lipinski definition) is 3. The highest BCUT2D eigenvalue weighted by atomic mass is 32.2. The molecule has 0 saturated heterocycles. The van der Waals surface area contributed by atoms with Gasteiger partial charge in [-0.2, -0.15) is 0 Å². The van der Waals surface area contributed by atoms with Crippen LogP contribution in [0.15, 0.2) is 33.7 Å². The van der Waals surface area contributed by atoms with Crippen LogP contribution < -0.4 is 15.4 Å². The fraction of sp³-hybridized carbons (Fsp3) is 0.412. The van der Waals surface area contributed by atoms with E-state index in [1.165, 1.54) is 7.05 Å². The first-order valence-electron chi connectivity index (χ1n) is 8.19. The van der Waals surface area contributed by atoms with Crippen molar-refractivity contribution in [1.29, 1.82) is 0 Å². The molecule has 142 valence electrons. The molecule has 26 heavy (non-hydrogen) atoms. The van der Waals surface area contributed by atoms with E-state index in [1.807, 2.05) is 32.0 Å². The van der Waals surface area contributed by atoms with E-state index in [-0.39, 0.29) is 5.75 Å². The molecular formula is C17H25N5O3S. The lowest BCUT2D eigenvalue weighted by atomic mass is 10.1. The number of hydrogen-bond acceptors (Lipinski definition) is 5. The Bertz CT molecular complexity index is 855. The molecule has 1 aromatic carbocycles. The van der Waals surface area contributed by atoms with Crippen LogP contribution in [0.1, 0.15) is 28.5 Å². The summed E-state index contributed by atoms with van der Waals surface area (Å²) < 4.78 is 31.2. The zero-order valence-corrected chi connectivity index (χ0v) is 16.3. The van der Waals surface area contributed by atoms with E-state index in [0.29, 0.717) is 24.9 Å². The highest BCUT2D eigenvalue weighted by Gasteiger charge is 2.09. The lowest BCUT2D eigenvalue weighted by Gasteiger charge is -2.11. The molecule has 0 aliphatic carbocycles. The summed E-state index contributed by atoms with van der Waals surface area (Å²) in [5.41, 5.74) is 2.56. The minimum Gasteiger partial charge on any atom is -0.444 e. The van der Waals surface area contributed by atoms with Gasteiger partial charge >= 0.3 is 0 Å². The number of aromatic nitrogens is 1. The summed E-state index contributed by atoms with van der Waals surface area (Å²) in [6.45, 7) is 4.71. The minimum absolute atomic E-state index is 0.0484. The number of benzene rings is 1. The molecule has 3 N–H and O–H groups in total. The molecule has 9 heteroatoms. The number of rotatable bonds is 7. The minimum atomic E-state index is -3.29. The Hall–Kier alpha value is -2.39. The lowest BCUT2D eigenvalue weighted by molar-refractivity contribution is 0.463. The number of sulfonamides is 1. The monoisotopic (exact) mass is 379 g/mol. The van der Waals surface area contributed by atoms with E-state index < -0.39 is 10.0 Å². The number of aryl methyl sites for hydroxylation is 2. The summed E-state index contributed by atoms with van der Waals surface area (Å²) in [7, 11) is -0.202. The van der Waals surface area contributed by atoms with Crippen molar-refractivity contribution in [3.63, 3.8) is 0 Å². The van der Waals surface area contributed by atoms with Crippen molar-refractivity contribution in [1.82, 2.24) is 20.3 Å². The predicted molar refractivity (Wildman–Crippen MR) is 101 cm³/mol. The summed E-state index contributed by atoms with van der Waals surface area (Å²) in [6, 6.07) is 7.41. The Morgan fingerprint density at radius 1 is 1.19 bits per heavy atom. The van der Waals surface area contributed by atoms with E-state index in [9.17, 15) is 8.42 Å². The molecule has 2 rings (SSSR count). The largest absolute Gasteiger partial charge is 0.444 e. The number of guanidine groups is 1. The van der Waals surface area contributed by atoms with Gasteiger partial charge in [0, 0.05) is 13.6 Å². The normalized spacial score (nSPS) is 12.2. The summed E-state index contributed by atoms with van der Waals surface area (Å²) in [5.74, 6) is 1.96. The number of aliphatic imine (C=N–C) groups is 1. The molecule has 0 radical (unpaired) electrons. The standard InChI is InChI=1S/C17H25N5O3S/c1-12-13(2)25-16(22-12)10-21-17(18-3)20-9-14-6-5-7-15(8-14)11-26(23,24)19-4/h5-8,19H,9-11H2,1-4H3,(H2,18,20,21). The highest BCUT2D eigenvalue weighted by molar-refractivity contribution is 7.88. The molecule has 8 nitrogen and oxygen atoms in total. The van der Waals surface area contributed by atoms with Crippen molar-refractivity contribution in [3.8, 4) is 0 Å². The van der Waals surface area contributed by atoms with Gasteiger partial charge in [0.05, 0.1) is 18.0 Å². The second-order valence-electron chi connectivity index (χ2n) is 5.81. The van der Waals surface area contributed by atoms with Crippen molar-refractivity contribution in [3.05, 3.63) is 52.7 Å². The topological polar surface area (TPSA) is 109 Å². The van der Waals surface area contributed by atoms with Crippen molar-refractivity contribution < 1.29 is 12.8 Å².